The van der Waals surface area contributed by atoms with Crippen molar-refractivity contribution in [3.05, 3.63) is 75.6 Å². The fourth-order valence-corrected chi connectivity index (χ4v) is 13.1. The van der Waals surface area contributed by atoms with Crippen LogP contribution in [0.25, 0.3) is 5.69 Å². The number of rotatable bonds is 10. The van der Waals surface area contributed by atoms with Crippen LogP contribution in [0.2, 0.25) is 0 Å². The van der Waals surface area contributed by atoms with Crippen molar-refractivity contribution in [2.75, 3.05) is 7.11 Å². The summed E-state index contributed by atoms with van der Waals surface area (Å²) in [6, 6.07) is 9.34. The Balaban J connectivity index is 1.45. The molecular formula is C47H73N3O4. The van der Waals surface area contributed by atoms with Gasteiger partial charge < -0.3 is 9.84 Å². The molecule has 2 saturated carbocycles. The maximum absolute atomic E-state index is 14.8. The molecule has 4 aliphatic rings. The van der Waals surface area contributed by atoms with Gasteiger partial charge in [-0.05, 0) is 126 Å². The molecule has 2 aromatic rings. The topological polar surface area (TPSA) is 89.2 Å². The van der Waals surface area contributed by atoms with E-state index in [0.29, 0.717) is 17.5 Å². The van der Waals surface area contributed by atoms with Crippen LogP contribution in [0.4, 0.5) is 0 Å². The van der Waals surface area contributed by atoms with Gasteiger partial charge in [0.15, 0.2) is 0 Å². The van der Waals surface area contributed by atoms with Gasteiger partial charge in [0.05, 0.1) is 22.9 Å². The normalized spacial score (nSPS) is 35.0. The quantitative estimate of drug-likeness (QED) is 0.237. The van der Waals surface area contributed by atoms with Crippen LogP contribution < -0.4 is 11.4 Å². The van der Waals surface area contributed by atoms with E-state index in [0.717, 1.165) is 38.5 Å². The van der Waals surface area contributed by atoms with Crippen molar-refractivity contribution in [2.45, 2.75) is 153 Å². The number of nitrogens with one attached hydrogen (secondary N) is 1. The Morgan fingerprint density at radius 2 is 1.48 bits per heavy atom. The first-order valence-corrected chi connectivity index (χ1v) is 20.9. The van der Waals surface area contributed by atoms with Crippen molar-refractivity contribution in [3.8, 4) is 5.69 Å². The van der Waals surface area contributed by atoms with Crippen LogP contribution in [0, 0.1) is 61.6 Å². The summed E-state index contributed by atoms with van der Waals surface area (Å²) >= 11 is 0. The van der Waals surface area contributed by atoms with Crippen LogP contribution in [-0.4, -0.2) is 38.3 Å². The van der Waals surface area contributed by atoms with Crippen LogP contribution in [-0.2, 0) is 10.3 Å². The second-order valence-corrected chi connectivity index (χ2v) is 21.8. The summed E-state index contributed by atoms with van der Waals surface area (Å²) in [6.07, 6.45) is 15.5. The summed E-state index contributed by atoms with van der Waals surface area (Å²) in [5.41, 5.74) is -2.78. The third-order valence-electron chi connectivity index (χ3n) is 18.8. The second-order valence-electron chi connectivity index (χ2n) is 21.8. The summed E-state index contributed by atoms with van der Waals surface area (Å²) in [5, 5.41) is 14.6. The molecule has 1 aromatic carbocycles. The SMILES string of the molecule is COC1C=CC2(C)C3CCC4(C)C(C(C)CC(C)(C)C(C)(C)C(C)(C)C(C)(C)C(C)(C)O)CCC4C3(n3[nH]c(=O)n(-c4ccccc4)c3=O)C=CC2(C)C1. The predicted molar refractivity (Wildman–Crippen MR) is 221 cm³/mol. The van der Waals surface area contributed by atoms with Gasteiger partial charge in [0.2, 0.25) is 0 Å². The Hall–Kier alpha value is -2.64. The van der Waals surface area contributed by atoms with E-state index in [2.05, 4.69) is 112 Å². The minimum absolute atomic E-state index is 0.0400. The first kappa shape index (κ1) is 41.0. The number of hydrogen-bond donors (Lipinski definition) is 2. The molecule has 7 nitrogen and oxygen atoms in total. The molecule has 9 atom stereocenters. The van der Waals surface area contributed by atoms with Gasteiger partial charge >= 0.3 is 11.4 Å². The summed E-state index contributed by atoms with van der Waals surface area (Å²) in [4.78, 5) is 28.7. The average molecular weight is 744 g/mol. The summed E-state index contributed by atoms with van der Waals surface area (Å²) < 4.78 is 9.00. The summed E-state index contributed by atoms with van der Waals surface area (Å²) in [7, 11) is 1.79. The number of benzene rings is 1. The Morgan fingerprint density at radius 1 is 0.852 bits per heavy atom. The standard InChI is InChI=1S/C47H73N3O4/c1-31(29-39(2,3)40(4,5)41(6,7)42(8,9)43(10,11)53)34-21-22-35-45(34,13)25-24-36-46(14)26-23-33(54-15)30-44(46,12)27-28-47(35,36)50-38(52)49(37(51)48-50)32-19-17-16-18-20-32/h16-20,23,26-28,31,33-36,53H,21-22,24-25,29-30H2,1-15H3,(H,48,51). The lowest BCUT2D eigenvalue weighted by Crippen LogP contribution is -2.66. The van der Waals surface area contributed by atoms with Gasteiger partial charge in [-0.25, -0.2) is 23.9 Å². The number of H-pyrrole nitrogens is 1. The monoisotopic (exact) mass is 744 g/mol. The highest BCUT2D eigenvalue weighted by atomic mass is 16.5. The number of ether oxygens (including phenoxy) is 1. The smallest absolute Gasteiger partial charge is 0.352 e. The molecule has 7 heteroatoms. The molecule has 0 amide bonds. The molecule has 2 N–H and O–H groups in total. The molecule has 1 heterocycles. The maximum Gasteiger partial charge on any atom is 0.352 e. The molecule has 300 valence electrons. The molecule has 0 aliphatic heterocycles. The highest BCUT2D eigenvalue weighted by molar-refractivity contribution is 5.35. The zero-order valence-corrected chi connectivity index (χ0v) is 36.4. The molecule has 4 aliphatic carbocycles. The van der Waals surface area contributed by atoms with Crippen molar-refractivity contribution in [1.29, 1.82) is 0 Å². The zero-order valence-electron chi connectivity index (χ0n) is 36.4. The van der Waals surface area contributed by atoms with Gasteiger partial charge in [0.25, 0.3) is 0 Å². The number of hydrogen-bond acceptors (Lipinski definition) is 4. The van der Waals surface area contributed by atoms with E-state index in [1.54, 1.807) is 11.8 Å². The highest BCUT2D eigenvalue weighted by Crippen LogP contribution is 2.72. The van der Waals surface area contributed by atoms with E-state index < -0.39 is 11.1 Å². The Kier molecular flexibility index (Phi) is 9.63. The minimum atomic E-state index is -0.842. The molecule has 0 spiro atoms. The number of nitrogens with zero attached hydrogens (tertiary/aromatic N) is 2. The number of aromatic nitrogens is 3. The van der Waals surface area contributed by atoms with Crippen LogP contribution >= 0.6 is 0 Å². The van der Waals surface area contributed by atoms with Crippen LogP contribution in [0.15, 0.2) is 64.2 Å². The third-order valence-corrected chi connectivity index (χ3v) is 18.8. The molecule has 0 bridgehead atoms. The van der Waals surface area contributed by atoms with Crippen molar-refractivity contribution in [3.63, 3.8) is 0 Å². The second kappa shape index (κ2) is 12.7. The largest absolute Gasteiger partial charge is 0.390 e. The van der Waals surface area contributed by atoms with E-state index in [4.69, 9.17) is 4.74 Å². The highest BCUT2D eigenvalue weighted by Gasteiger charge is 2.69. The zero-order chi connectivity index (χ0) is 40.3. The molecule has 0 radical (unpaired) electrons. The van der Waals surface area contributed by atoms with E-state index in [-0.39, 0.29) is 67.2 Å². The molecule has 54 heavy (non-hydrogen) atoms. The number of fused-ring (bicyclic) bond motifs is 5. The van der Waals surface area contributed by atoms with Gasteiger partial charge in [-0.1, -0.05) is 126 Å². The Morgan fingerprint density at radius 3 is 2.07 bits per heavy atom. The molecule has 0 saturated heterocycles. The third kappa shape index (κ3) is 5.39. The van der Waals surface area contributed by atoms with E-state index >= 15 is 0 Å². The van der Waals surface area contributed by atoms with Gasteiger partial charge in [0.1, 0.15) is 0 Å². The molecular weight excluding hydrogens is 671 g/mol. The van der Waals surface area contributed by atoms with Crippen LogP contribution in [0.5, 0.6) is 0 Å². The number of allylic oxidation sites excluding steroid dienone is 3. The fourth-order valence-electron chi connectivity index (χ4n) is 13.1. The number of aliphatic hydroxyl groups is 1. The van der Waals surface area contributed by atoms with Gasteiger partial charge in [-0.2, -0.15) is 0 Å². The number of aromatic amines is 1. The van der Waals surface area contributed by atoms with E-state index in [1.165, 1.54) is 4.57 Å². The Bertz CT molecular complexity index is 1900. The van der Waals surface area contributed by atoms with E-state index in [1.807, 2.05) is 44.2 Å². The van der Waals surface area contributed by atoms with Gasteiger partial charge in [0, 0.05) is 7.11 Å². The van der Waals surface area contributed by atoms with Gasteiger partial charge in [-0.15, -0.1) is 0 Å². The molecule has 9 unspecified atom stereocenters. The number of methoxy groups -OCH3 is 1. The first-order chi connectivity index (χ1) is 24.7. The van der Waals surface area contributed by atoms with Crippen molar-refractivity contribution >= 4 is 0 Å². The minimum Gasteiger partial charge on any atom is -0.390 e. The lowest BCUT2D eigenvalue weighted by molar-refractivity contribution is -0.178. The van der Waals surface area contributed by atoms with Crippen molar-refractivity contribution < 1.29 is 9.84 Å². The number of para-hydroxylation sites is 1. The van der Waals surface area contributed by atoms with Gasteiger partial charge in [-0.3, -0.25) is 0 Å². The maximum atomic E-state index is 14.8. The molecule has 6 rings (SSSR count). The first-order valence-electron chi connectivity index (χ1n) is 20.9. The summed E-state index contributed by atoms with van der Waals surface area (Å²) in [5.74, 6) is 1.14. The summed E-state index contributed by atoms with van der Waals surface area (Å²) in [6.45, 7) is 32.6. The van der Waals surface area contributed by atoms with Crippen LogP contribution in [0.1, 0.15) is 135 Å². The molecule has 2 fully saturated rings. The lowest BCUT2D eigenvalue weighted by Gasteiger charge is -2.66. The average Bonchev–Trinajstić information content (AvgIpc) is 3.59. The fraction of sp³-hybridized carbons (Fsp3) is 0.745. The van der Waals surface area contributed by atoms with Crippen LogP contribution in [0.3, 0.4) is 0 Å². The Labute approximate surface area is 326 Å². The van der Waals surface area contributed by atoms with Crippen molar-refractivity contribution in [1.82, 2.24) is 14.3 Å². The predicted octanol–water partition coefficient (Wildman–Crippen LogP) is 9.92. The molecule has 1 aromatic heterocycles. The van der Waals surface area contributed by atoms with E-state index in [9.17, 15) is 14.7 Å². The van der Waals surface area contributed by atoms with Crippen molar-refractivity contribution in [2.24, 2.45) is 61.6 Å². The lowest BCUT2D eigenvalue weighted by atomic mass is 9.40.